The molecule has 3 aromatic carbocycles. The molecule has 269 valence electrons. The maximum absolute atomic E-state index is 9.80. The van der Waals surface area contributed by atoms with Crippen molar-refractivity contribution in [2.75, 3.05) is 26.2 Å². The molecule has 1 aliphatic rings. The number of aliphatic hydroxyl groups is 1. The third kappa shape index (κ3) is 11.5. The number of nitrogens with zero attached hydrogens (tertiary/aromatic N) is 3. The van der Waals surface area contributed by atoms with Gasteiger partial charge >= 0.3 is 237 Å². The fourth-order valence-electron chi connectivity index (χ4n) is 6.27. The Kier molecular flexibility index (Phi) is 15.2. The molecule has 1 atom stereocenters. The predicted molar refractivity (Wildman–Crippen MR) is 209 cm³/mol. The van der Waals surface area contributed by atoms with Crippen molar-refractivity contribution in [3.63, 3.8) is 0 Å². The van der Waals surface area contributed by atoms with E-state index in [-0.39, 0.29) is 21.9 Å². The second kappa shape index (κ2) is 19.7. The van der Waals surface area contributed by atoms with E-state index in [9.17, 15) is 10.4 Å². The number of hydrogen-bond acceptors (Lipinski definition) is 7. The molecule has 1 aliphatic heterocycles. The number of rotatable bonds is 18. The zero-order chi connectivity index (χ0) is 36.2. The van der Waals surface area contributed by atoms with E-state index in [4.69, 9.17) is 25.8 Å². The standard InChI is InChI=1S/C41H49As2ClN3O4/c1-29-33(9-5-10-36(29)37-11-6-12-39(30(37)2)49-18-8-16-47-17-13-35(48)26-47)28-51-41-21-40(50-27-32-19-31(23-45)24-46-25-32)34(20-38(41)44)22-42-14-7-15-43(3)4/h5-6,9-12,19-21,24-25,35,48H,7-8,13-18,22,26-28H2,1-4H3/t35-/m1/s1. The summed E-state index contributed by atoms with van der Waals surface area (Å²) < 4.78 is 19.0. The van der Waals surface area contributed by atoms with Crippen molar-refractivity contribution in [3.05, 3.63) is 105 Å². The molecule has 1 fully saturated rings. The molecule has 0 spiro atoms. The van der Waals surface area contributed by atoms with Crippen LogP contribution in [0.15, 0.2) is 67.0 Å². The topological polar surface area (TPSA) is 87.8 Å². The Labute approximate surface area is 320 Å². The Bertz CT molecular complexity index is 1800. The summed E-state index contributed by atoms with van der Waals surface area (Å²) >= 11 is 6.42. The van der Waals surface area contributed by atoms with E-state index >= 15 is 0 Å². The van der Waals surface area contributed by atoms with Crippen LogP contribution in [0, 0.1) is 25.2 Å². The van der Waals surface area contributed by atoms with E-state index in [0.29, 0.717) is 36.2 Å². The summed E-state index contributed by atoms with van der Waals surface area (Å²) in [4.78, 5) is 6.49. The van der Waals surface area contributed by atoms with Crippen molar-refractivity contribution in [2.45, 2.75) is 79.5 Å². The third-order valence-electron chi connectivity index (χ3n) is 9.16. The summed E-state index contributed by atoms with van der Waals surface area (Å²) in [6, 6.07) is 20.5. The van der Waals surface area contributed by atoms with Gasteiger partial charge in [0.1, 0.15) is 5.75 Å². The summed E-state index contributed by atoms with van der Waals surface area (Å²) in [5.74, 6) is 2.25. The zero-order valence-electron chi connectivity index (χ0n) is 30.2. The number of aliphatic hydroxyl groups excluding tert-OH is 1. The van der Waals surface area contributed by atoms with E-state index in [2.05, 4.69) is 71.6 Å². The van der Waals surface area contributed by atoms with Gasteiger partial charge in [-0.15, -0.1) is 0 Å². The van der Waals surface area contributed by atoms with Crippen LogP contribution >= 0.6 is 11.6 Å². The zero-order valence-corrected chi connectivity index (χ0v) is 34.7. The van der Waals surface area contributed by atoms with Gasteiger partial charge in [0.15, 0.2) is 0 Å². The number of aromatic nitrogens is 1. The van der Waals surface area contributed by atoms with Crippen LogP contribution in [0.5, 0.6) is 17.2 Å². The maximum atomic E-state index is 9.80. The smallest absolute Gasteiger partial charge is 0.493 e. The predicted octanol–water partition coefficient (Wildman–Crippen LogP) is 8.65. The number of benzene rings is 3. The average Bonchev–Trinajstić information content (AvgIpc) is 3.54. The van der Waals surface area contributed by atoms with Gasteiger partial charge in [0.2, 0.25) is 0 Å². The number of β-amino-alcohol motifs (C(OH)–C–C–N with tert-alkyl or cyclic N) is 1. The second-order valence-corrected chi connectivity index (χ2v) is 21.8. The molecule has 0 aliphatic carbocycles. The quantitative estimate of drug-likeness (QED) is 0.0794. The fraction of sp³-hybridized carbons (Fsp3) is 0.415. The van der Waals surface area contributed by atoms with Gasteiger partial charge in [0.25, 0.3) is 0 Å². The van der Waals surface area contributed by atoms with Gasteiger partial charge in [-0.3, -0.25) is 0 Å². The molecule has 0 saturated carbocycles. The van der Waals surface area contributed by atoms with Crippen LogP contribution in [0.2, 0.25) is 26.9 Å². The van der Waals surface area contributed by atoms with Crippen molar-refractivity contribution in [2.24, 2.45) is 0 Å². The molecule has 0 unspecified atom stereocenters. The minimum Gasteiger partial charge on any atom is -0.493 e. The van der Waals surface area contributed by atoms with Crippen LogP contribution in [0.3, 0.4) is 0 Å². The number of ether oxygens (including phenoxy) is 3. The normalized spacial score (nSPS) is 14.7. The number of nitriles is 1. The molecule has 51 heavy (non-hydrogen) atoms. The molecule has 1 saturated heterocycles. The van der Waals surface area contributed by atoms with Crippen LogP contribution in [0.4, 0.5) is 0 Å². The first kappa shape index (κ1) is 39.2. The Hall–Kier alpha value is -2.97. The first-order chi connectivity index (χ1) is 24.7. The van der Waals surface area contributed by atoms with Gasteiger partial charge < -0.3 is 14.7 Å². The number of likely N-dealkylation sites (tertiary alicyclic amines) is 1. The molecule has 10 heteroatoms. The van der Waals surface area contributed by atoms with Gasteiger partial charge in [0.05, 0.1) is 12.7 Å². The van der Waals surface area contributed by atoms with Crippen molar-refractivity contribution >= 4 is 42.0 Å². The Morgan fingerprint density at radius 2 is 1.73 bits per heavy atom. The van der Waals surface area contributed by atoms with Gasteiger partial charge in [0, 0.05) is 19.6 Å². The number of halogens is 1. The number of pyridine rings is 1. The van der Waals surface area contributed by atoms with E-state index < -0.39 is 14.7 Å². The average molecular weight is 833 g/mol. The van der Waals surface area contributed by atoms with Gasteiger partial charge in [-0.2, -0.15) is 0 Å². The Morgan fingerprint density at radius 3 is 2.49 bits per heavy atom. The second-order valence-electron chi connectivity index (χ2n) is 13.4. The molecule has 7 nitrogen and oxygen atoms in total. The van der Waals surface area contributed by atoms with Crippen molar-refractivity contribution < 1.29 is 19.3 Å². The van der Waals surface area contributed by atoms with E-state index in [1.54, 1.807) is 12.4 Å². The summed E-state index contributed by atoms with van der Waals surface area (Å²) in [6.45, 7) is 8.21. The summed E-state index contributed by atoms with van der Waals surface area (Å²) in [5.41, 5.74) is 12.9. The van der Waals surface area contributed by atoms with Crippen LogP contribution < -0.4 is 14.2 Å². The molecule has 2 heterocycles. The van der Waals surface area contributed by atoms with Crippen molar-refractivity contribution in [3.8, 4) is 34.4 Å². The number of hydrogen-bond donors (Lipinski definition) is 1. The Morgan fingerprint density at radius 1 is 0.941 bits per heavy atom. The summed E-state index contributed by atoms with van der Waals surface area (Å²) in [5, 5.41) is 23.3. The monoisotopic (exact) mass is 832 g/mol. The van der Waals surface area contributed by atoms with E-state index in [1.165, 1.54) is 16.8 Å². The van der Waals surface area contributed by atoms with Gasteiger partial charge in [-0.1, -0.05) is 6.07 Å². The van der Waals surface area contributed by atoms with E-state index in [0.717, 1.165) is 88.1 Å². The van der Waals surface area contributed by atoms with Crippen LogP contribution in [-0.2, 0) is 18.4 Å². The minimum atomic E-state index is -0.592. The van der Waals surface area contributed by atoms with Gasteiger partial charge in [-0.25, -0.2) is 0 Å². The van der Waals surface area contributed by atoms with Crippen LogP contribution in [0.25, 0.3) is 11.1 Å². The van der Waals surface area contributed by atoms with Crippen LogP contribution in [-0.4, -0.2) is 77.7 Å². The molecule has 1 radical (unpaired) electrons. The minimum absolute atomic E-state index is 0.141. The van der Waals surface area contributed by atoms with Crippen molar-refractivity contribution in [1.82, 2.24) is 9.88 Å². The first-order valence-corrected chi connectivity index (χ1v) is 25.7. The first-order valence-electron chi connectivity index (χ1n) is 17.6. The van der Waals surface area contributed by atoms with E-state index in [1.807, 2.05) is 24.3 Å². The molecule has 4 aromatic rings. The van der Waals surface area contributed by atoms with Crippen LogP contribution in [0.1, 0.15) is 52.6 Å². The molecular weight excluding hydrogens is 784 g/mol. The summed E-state index contributed by atoms with van der Waals surface area (Å²) in [6.07, 6.45) is 6.19. The molecule has 1 N–H and O–H groups in total. The molecular formula is C41H49As2ClN3O4. The SMILES string of the molecule is Cc1c(COc2cc(OCc3cncc(C#N)c3)c(C[As]CCC[As](C)C)cc2Cl)cccc1-c1cccc(OCCCN2CC[C@@H](O)C2)c1C. The molecule has 0 amide bonds. The molecule has 0 bridgehead atoms. The Balaban J connectivity index is 1.27. The third-order valence-corrected chi connectivity index (χ3v) is 14.5. The van der Waals surface area contributed by atoms with Crippen molar-refractivity contribution in [1.29, 1.82) is 5.26 Å². The summed E-state index contributed by atoms with van der Waals surface area (Å²) in [7, 11) is 0. The fourth-order valence-corrected chi connectivity index (χ4v) is 11.5. The molecule has 5 rings (SSSR count). The molecule has 1 aromatic heterocycles. The van der Waals surface area contributed by atoms with Gasteiger partial charge in [-0.05, 0) is 25.8 Å².